The van der Waals surface area contributed by atoms with Gasteiger partial charge in [0.2, 0.25) is 0 Å². The summed E-state index contributed by atoms with van der Waals surface area (Å²) in [5.41, 5.74) is 6.00. The summed E-state index contributed by atoms with van der Waals surface area (Å²) in [6.45, 7) is 6.85. The van der Waals surface area contributed by atoms with Gasteiger partial charge in [-0.05, 0) is 53.2 Å². The van der Waals surface area contributed by atoms with E-state index in [9.17, 15) is 5.11 Å². The van der Waals surface area contributed by atoms with Crippen LogP contribution in [0.15, 0.2) is 0 Å². The molecule has 0 aromatic heterocycles. The topological polar surface area (TPSA) is 61.5 Å². The predicted molar refractivity (Wildman–Crippen MR) is 67.4 cm³/mol. The van der Waals surface area contributed by atoms with Crippen LogP contribution in [0.4, 0.5) is 0 Å². The van der Waals surface area contributed by atoms with E-state index in [-0.39, 0.29) is 11.6 Å². The minimum Gasteiger partial charge on any atom is -0.393 e. The van der Waals surface area contributed by atoms with Gasteiger partial charge in [-0.3, -0.25) is 0 Å². The minimum atomic E-state index is -0.247. The van der Waals surface area contributed by atoms with Gasteiger partial charge < -0.3 is 21.1 Å². The van der Waals surface area contributed by atoms with Gasteiger partial charge in [-0.15, -0.1) is 0 Å². The van der Waals surface area contributed by atoms with Crippen LogP contribution in [0.1, 0.15) is 33.1 Å². The zero-order valence-electron chi connectivity index (χ0n) is 10.9. The Balaban J connectivity index is 2.47. The first kappa shape index (κ1) is 13.9. The van der Waals surface area contributed by atoms with Crippen molar-refractivity contribution in [1.29, 1.82) is 0 Å². The van der Waals surface area contributed by atoms with Crippen LogP contribution in [0.25, 0.3) is 0 Å². The number of hydrogen-bond donors (Lipinski definition) is 3. The molecule has 1 aliphatic heterocycles. The quantitative estimate of drug-likeness (QED) is 0.628. The van der Waals surface area contributed by atoms with Crippen molar-refractivity contribution in [3.63, 3.8) is 0 Å². The van der Waals surface area contributed by atoms with Gasteiger partial charge in [0.1, 0.15) is 0 Å². The van der Waals surface area contributed by atoms with Crippen LogP contribution in [0.5, 0.6) is 0 Å². The van der Waals surface area contributed by atoms with Crippen molar-refractivity contribution in [2.45, 2.75) is 50.8 Å². The molecule has 0 aromatic rings. The Kier molecular flexibility index (Phi) is 5.18. The van der Waals surface area contributed by atoms with E-state index in [1.807, 2.05) is 6.92 Å². The molecule has 0 saturated carbocycles. The highest BCUT2D eigenvalue weighted by atomic mass is 16.3. The van der Waals surface area contributed by atoms with Crippen LogP contribution in [-0.4, -0.2) is 54.4 Å². The number of piperidine rings is 1. The third-order valence-electron chi connectivity index (χ3n) is 3.58. The van der Waals surface area contributed by atoms with Crippen molar-refractivity contribution in [2.24, 2.45) is 5.73 Å². The number of rotatable bonds is 5. The molecule has 1 heterocycles. The van der Waals surface area contributed by atoms with Gasteiger partial charge in [0.15, 0.2) is 0 Å². The summed E-state index contributed by atoms with van der Waals surface area (Å²) in [4.78, 5) is 2.34. The SMILES string of the molecule is CC(O)CC(C)NC1(CN)CCN(C)CC1. The molecular formula is C12H27N3O. The van der Waals surface area contributed by atoms with Crippen LogP contribution in [-0.2, 0) is 0 Å². The second-order valence-electron chi connectivity index (χ2n) is 5.42. The van der Waals surface area contributed by atoms with Crippen molar-refractivity contribution in [1.82, 2.24) is 10.2 Å². The van der Waals surface area contributed by atoms with Crippen LogP contribution >= 0.6 is 0 Å². The van der Waals surface area contributed by atoms with E-state index in [1.54, 1.807) is 0 Å². The van der Waals surface area contributed by atoms with Crippen molar-refractivity contribution >= 4 is 0 Å². The average Bonchev–Trinajstić information content (AvgIpc) is 2.21. The number of likely N-dealkylation sites (tertiary alicyclic amines) is 1. The van der Waals surface area contributed by atoms with E-state index in [1.165, 1.54) is 0 Å². The highest BCUT2D eigenvalue weighted by molar-refractivity contribution is 4.95. The Morgan fingerprint density at radius 3 is 2.38 bits per heavy atom. The largest absolute Gasteiger partial charge is 0.393 e. The fraction of sp³-hybridized carbons (Fsp3) is 1.00. The molecule has 1 rings (SSSR count). The molecule has 16 heavy (non-hydrogen) atoms. The lowest BCUT2D eigenvalue weighted by Gasteiger charge is -2.42. The predicted octanol–water partition coefficient (Wildman–Crippen LogP) is 0.159. The molecule has 96 valence electrons. The Morgan fingerprint density at radius 2 is 1.94 bits per heavy atom. The number of hydrogen-bond acceptors (Lipinski definition) is 4. The summed E-state index contributed by atoms with van der Waals surface area (Å²) in [5.74, 6) is 0. The Bertz CT molecular complexity index is 200. The van der Waals surface area contributed by atoms with E-state index in [0.29, 0.717) is 12.6 Å². The highest BCUT2D eigenvalue weighted by Crippen LogP contribution is 2.21. The van der Waals surface area contributed by atoms with Crippen molar-refractivity contribution < 1.29 is 5.11 Å². The van der Waals surface area contributed by atoms with Crippen molar-refractivity contribution in [3.05, 3.63) is 0 Å². The molecule has 1 saturated heterocycles. The highest BCUT2D eigenvalue weighted by Gasteiger charge is 2.33. The number of nitrogens with one attached hydrogen (secondary N) is 1. The molecule has 4 nitrogen and oxygen atoms in total. The zero-order chi connectivity index (χ0) is 12.2. The van der Waals surface area contributed by atoms with Gasteiger partial charge in [0.05, 0.1) is 6.10 Å². The summed E-state index contributed by atoms with van der Waals surface area (Å²) >= 11 is 0. The maximum atomic E-state index is 9.37. The zero-order valence-corrected chi connectivity index (χ0v) is 10.9. The van der Waals surface area contributed by atoms with Crippen LogP contribution in [0, 0.1) is 0 Å². The number of nitrogens with two attached hydrogens (primary N) is 1. The lowest BCUT2D eigenvalue weighted by Crippen LogP contribution is -2.59. The van der Waals surface area contributed by atoms with Gasteiger partial charge in [-0.2, -0.15) is 0 Å². The maximum Gasteiger partial charge on any atom is 0.0526 e. The number of aliphatic hydroxyl groups is 1. The summed E-state index contributed by atoms with van der Waals surface area (Å²) in [6.07, 6.45) is 2.75. The molecule has 0 amide bonds. The van der Waals surface area contributed by atoms with Crippen LogP contribution in [0.3, 0.4) is 0 Å². The molecule has 1 fully saturated rings. The number of nitrogens with zero attached hydrogens (tertiary/aromatic N) is 1. The van der Waals surface area contributed by atoms with Gasteiger partial charge in [-0.1, -0.05) is 0 Å². The molecular weight excluding hydrogens is 202 g/mol. The van der Waals surface area contributed by atoms with Gasteiger partial charge in [0, 0.05) is 18.1 Å². The molecule has 4 heteroatoms. The first-order valence-corrected chi connectivity index (χ1v) is 6.32. The summed E-state index contributed by atoms with van der Waals surface area (Å²) < 4.78 is 0. The van der Waals surface area contributed by atoms with E-state index >= 15 is 0 Å². The van der Waals surface area contributed by atoms with Gasteiger partial charge >= 0.3 is 0 Å². The third-order valence-corrected chi connectivity index (χ3v) is 3.58. The Hall–Kier alpha value is -0.160. The molecule has 0 spiro atoms. The second kappa shape index (κ2) is 5.96. The van der Waals surface area contributed by atoms with Gasteiger partial charge in [-0.25, -0.2) is 0 Å². The average molecular weight is 229 g/mol. The first-order chi connectivity index (χ1) is 7.47. The molecule has 4 N–H and O–H groups in total. The first-order valence-electron chi connectivity index (χ1n) is 6.32. The van der Waals surface area contributed by atoms with E-state index in [0.717, 1.165) is 32.4 Å². The minimum absolute atomic E-state index is 0.0841. The van der Waals surface area contributed by atoms with E-state index in [4.69, 9.17) is 5.73 Å². The van der Waals surface area contributed by atoms with Crippen molar-refractivity contribution in [3.8, 4) is 0 Å². The molecule has 0 aromatic carbocycles. The second-order valence-corrected chi connectivity index (χ2v) is 5.42. The lowest BCUT2D eigenvalue weighted by atomic mass is 9.86. The Labute approximate surface area is 99.2 Å². The monoisotopic (exact) mass is 229 g/mol. The van der Waals surface area contributed by atoms with Crippen molar-refractivity contribution in [2.75, 3.05) is 26.7 Å². The molecule has 2 atom stereocenters. The van der Waals surface area contributed by atoms with E-state index in [2.05, 4.69) is 24.2 Å². The summed E-state index contributed by atoms with van der Waals surface area (Å²) in [7, 11) is 2.15. The number of aliphatic hydroxyl groups excluding tert-OH is 1. The Morgan fingerprint density at radius 1 is 1.38 bits per heavy atom. The lowest BCUT2D eigenvalue weighted by molar-refractivity contribution is 0.126. The molecule has 0 radical (unpaired) electrons. The fourth-order valence-electron chi connectivity index (χ4n) is 2.55. The molecule has 0 bridgehead atoms. The smallest absolute Gasteiger partial charge is 0.0526 e. The molecule has 0 aliphatic carbocycles. The van der Waals surface area contributed by atoms with E-state index < -0.39 is 0 Å². The standard InChI is InChI=1S/C12H27N3O/c1-10(8-11(2)16)14-12(9-13)4-6-15(3)7-5-12/h10-11,14,16H,4-9,13H2,1-3H3. The molecule has 1 aliphatic rings. The maximum absolute atomic E-state index is 9.37. The van der Waals surface area contributed by atoms with Gasteiger partial charge in [0.25, 0.3) is 0 Å². The normalized spacial score (nSPS) is 25.3. The third kappa shape index (κ3) is 4.01. The summed E-state index contributed by atoms with van der Waals surface area (Å²) in [6, 6.07) is 0.326. The van der Waals surface area contributed by atoms with Crippen LogP contribution in [0.2, 0.25) is 0 Å². The van der Waals surface area contributed by atoms with Crippen LogP contribution < -0.4 is 11.1 Å². The summed E-state index contributed by atoms with van der Waals surface area (Å²) in [5, 5.41) is 13.0. The fourth-order valence-corrected chi connectivity index (χ4v) is 2.55. The molecule has 2 unspecified atom stereocenters.